The SMILES string of the molecule is CC[C@H](C)C(=O)N=C1S[C@@H]2CS(=O)(=O)C[C@H]2N1CCc1ccc(OC)cc1. The van der Waals surface area contributed by atoms with E-state index in [0.29, 0.717) is 11.7 Å². The molecule has 8 heteroatoms. The first-order valence-electron chi connectivity index (χ1n) is 9.22. The standard InChI is InChI=1S/C19H26N2O4S2/c1-4-13(2)18(22)20-19-21(16-11-27(23,24)12-17(16)26-19)10-9-14-5-7-15(25-3)8-6-14/h5-8,13,16-17H,4,9-12H2,1-3H3/t13-,16+,17+/m0/s1. The lowest BCUT2D eigenvalue weighted by molar-refractivity contribution is -0.121. The van der Waals surface area contributed by atoms with Gasteiger partial charge < -0.3 is 9.64 Å². The molecule has 0 aromatic heterocycles. The van der Waals surface area contributed by atoms with Gasteiger partial charge in [-0.2, -0.15) is 4.99 Å². The van der Waals surface area contributed by atoms with Crippen LogP contribution in [0.15, 0.2) is 29.3 Å². The van der Waals surface area contributed by atoms with Gasteiger partial charge in [0.1, 0.15) is 5.75 Å². The van der Waals surface area contributed by atoms with Crippen LogP contribution in [0.5, 0.6) is 5.75 Å². The van der Waals surface area contributed by atoms with Crippen molar-refractivity contribution < 1.29 is 17.9 Å². The van der Waals surface area contributed by atoms with E-state index >= 15 is 0 Å². The van der Waals surface area contributed by atoms with Crippen molar-refractivity contribution in [1.82, 2.24) is 4.90 Å². The molecular weight excluding hydrogens is 384 g/mol. The number of sulfone groups is 1. The van der Waals surface area contributed by atoms with Crippen molar-refractivity contribution in [2.24, 2.45) is 10.9 Å². The minimum atomic E-state index is -3.02. The number of amidine groups is 1. The summed E-state index contributed by atoms with van der Waals surface area (Å²) in [6.45, 7) is 4.48. The zero-order valence-electron chi connectivity index (χ0n) is 15.9. The number of hydrogen-bond donors (Lipinski definition) is 0. The Morgan fingerprint density at radius 1 is 1.33 bits per heavy atom. The summed E-state index contributed by atoms with van der Waals surface area (Å²) in [5.41, 5.74) is 1.14. The van der Waals surface area contributed by atoms with Gasteiger partial charge in [-0.05, 0) is 30.5 Å². The number of amides is 1. The van der Waals surface area contributed by atoms with E-state index < -0.39 is 9.84 Å². The van der Waals surface area contributed by atoms with Crippen LogP contribution in [-0.2, 0) is 21.1 Å². The van der Waals surface area contributed by atoms with Crippen LogP contribution in [0.1, 0.15) is 25.8 Å². The Morgan fingerprint density at radius 2 is 2.04 bits per heavy atom. The number of hydrogen-bond acceptors (Lipinski definition) is 5. The second-order valence-electron chi connectivity index (χ2n) is 7.13. The highest BCUT2D eigenvalue weighted by molar-refractivity contribution is 8.15. The molecule has 2 aliphatic rings. The quantitative estimate of drug-likeness (QED) is 0.717. The average Bonchev–Trinajstić information content (AvgIpc) is 3.10. The zero-order chi connectivity index (χ0) is 19.6. The molecule has 0 radical (unpaired) electrons. The van der Waals surface area contributed by atoms with Gasteiger partial charge in [0, 0.05) is 17.7 Å². The van der Waals surface area contributed by atoms with Crippen molar-refractivity contribution in [2.45, 2.75) is 38.0 Å². The van der Waals surface area contributed by atoms with Crippen LogP contribution in [0.3, 0.4) is 0 Å². The minimum Gasteiger partial charge on any atom is -0.497 e. The van der Waals surface area contributed by atoms with Crippen LogP contribution in [-0.4, -0.2) is 60.8 Å². The highest BCUT2D eigenvalue weighted by Crippen LogP contribution is 2.38. The summed E-state index contributed by atoms with van der Waals surface area (Å²) in [4.78, 5) is 18.7. The summed E-state index contributed by atoms with van der Waals surface area (Å²) < 4.78 is 29.3. The summed E-state index contributed by atoms with van der Waals surface area (Å²) >= 11 is 1.45. The minimum absolute atomic E-state index is 0.0330. The maximum Gasteiger partial charge on any atom is 0.250 e. The highest BCUT2D eigenvalue weighted by Gasteiger charge is 2.48. The Kier molecular flexibility index (Phi) is 6.15. The number of rotatable bonds is 6. The molecule has 27 heavy (non-hydrogen) atoms. The molecule has 0 unspecified atom stereocenters. The third-order valence-electron chi connectivity index (χ3n) is 5.22. The van der Waals surface area contributed by atoms with Crippen LogP contribution >= 0.6 is 11.8 Å². The molecular formula is C19H26N2O4S2. The van der Waals surface area contributed by atoms with Crippen LogP contribution in [0.4, 0.5) is 0 Å². The van der Waals surface area contributed by atoms with Gasteiger partial charge in [0.05, 0.1) is 24.7 Å². The third kappa shape index (κ3) is 4.66. The number of carbonyl (C=O) groups is 1. The number of thioether (sulfide) groups is 1. The molecule has 2 fully saturated rings. The molecule has 148 valence electrons. The Morgan fingerprint density at radius 3 is 2.67 bits per heavy atom. The van der Waals surface area contributed by atoms with E-state index in [1.165, 1.54) is 11.8 Å². The van der Waals surface area contributed by atoms with Crippen LogP contribution < -0.4 is 4.74 Å². The van der Waals surface area contributed by atoms with Gasteiger partial charge in [-0.3, -0.25) is 4.79 Å². The van der Waals surface area contributed by atoms with Crippen LogP contribution in [0, 0.1) is 5.92 Å². The molecule has 1 aromatic carbocycles. The first-order valence-corrected chi connectivity index (χ1v) is 11.9. The molecule has 3 atom stereocenters. The lowest BCUT2D eigenvalue weighted by Crippen LogP contribution is -2.39. The van der Waals surface area contributed by atoms with Gasteiger partial charge in [-0.15, -0.1) is 0 Å². The lowest BCUT2D eigenvalue weighted by Gasteiger charge is -2.24. The van der Waals surface area contributed by atoms with Gasteiger partial charge in [-0.1, -0.05) is 37.7 Å². The number of aliphatic imine (C=N–C) groups is 1. The van der Waals surface area contributed by atoms with Crippen molar-refractivity contribution in [3.63, 3.8) is 0 Å². The van der Waals surface area contributed by atoms with Gasteiger partial charge in [0.25, 0.3) is 5.91 Å². The Bertz CT molecular complexity index is 821. The van der Waals surface area contributed by atoms with Gasteiger partial charge in [0.2, 0.25) is 0 Å². The van der Waals surface area contributed by atoms with Crippen molar-refractivity contribution in [3.05, 3.63) is 29.8 Å². The third-order valence-corrected chi connectivity index (χ3v) is 8.46. The Hall–Kier alpha value is -1.54. The molecule has 0 aliphatic carbocycles. The smallest absolute Gasteiger partial charge is 0.250 e. The first-order chi connectivity index (χ1) is 12.8. The summed E-state index contributed by atoms with van der Waals surface area (Å²) in [7, 11) is -1.39. The predicted octanol–water partition coefficient (Wildman–Crippen LogP) is 2.38. The van der Waals surface area contributed by atoms with Crippen molar-refractivity contribution in [2.75, 3.05) is 25.2 Å². The average molecular weight is 411 g/mol. The number of fused-ring (bicyclic) bond motifs is 1. The fraction of sp³-hybridized carbons (Fsp3) is 0.579. The molecule has 1 aromatic rings. The Balaban J connectivity index is 1.77. The van der Waals surface area contributed by atoms with Gasteiger partial charge >= 0.3 is 0 Å². The maximum atomic E-state index is 12.3. The molecule has 6 nitrogen and oxygen atoms in total. The largest absolute Gasteiger partial charge is 0.497 e. The second kappa shape index (κ2) is 8.22. The van der Waals surface area contributed by atoms with E-state index in [2.05, 4.69) is 4.99 Å². The maximum absolute atomic E-state index is 12.3. The Labute approximate surface area is 165 Å². The summed E-state index contributed by atoms with van der Waals surface area (Å²) in [6, 6.07) is 7.75. The van der Waals surface area contributed by atoms with E-state index in [9.17, 15) is 13.2 Å². The number of methoxy groups -OCH3 is 1. The number of carbonyl (C=O) groups excluding carboxylic acids is 1. The van der Waals surface area contributed by atoms with Gasteiger partial charge in [0.15, 0.2) is 15.0 Å². The van der Waals surface area contributed by atoms with E-state index in [-0.39, 0.29) is 34.6 Å². The molecule has 0 saturated carbocycles. The second-order valence-corrected chi connectivity index (χ2v) is 10.5. The van der Waals surface area contributed by atoms with E-state index in [0.717, 1.165) is 24.2 Å². The number of nitrogens with zero attached hydrogens (tertiary/aromatic N) is 2. The first kappa shape index (κ1) is 20.2. The van der Waals surface area contributed by atoms with E-state index in [1.807, 2.05) is 43.0 Å². The molecule has 0 spiro atoms. The molecule has 0 bridgehead atoms. The van der Waals surface area contributed by atoms with Crippen molar-refractivity contribution in [1.29, 1.82) is 0 Å². The van der Waals surface area contributed by atoms with Crippen molar-refractivity contribution in [3.8, 4) is 5.75 Å². The highest BCUT2D eigenvalue weighted by atomic mass is 32.2. The molecule has 3 rings (SSSR count). The molecule has 2 saturated heterocycles. The number of benzene rings is 1. The van der Waals surface area contributed by atoms with Gasteiger partial charge in [-0.25, -0.2) is 8.42 Å². The predicted molar refractivity (Wildman–Crippen MR) is 109 cm³/mol. The zero-order valence-corrected chi connectivity index (χ0v) is 17.6. The normalized spacial score (nSPS) is 26.2. The van der Waals surface area contributed by atoms with Crippen molar-refractivity contribution >= 4 is 32.7 Å². The molecule has 1 amide bonds. The van der Waals surface area contributed by atoms with E-state index in [4.69, 9.17) is 4.74 Å². The van der Waals surface area contributed by atoms with E-state index in [1.54, 1.807) is 7.11 Å². The summed E-state index contributed by atoms with van der Waals surface area (Å²) in [5.74, 6) is 0.865. The lowest BCUT2D eigenvalue weighted by atomic mass is 10.1. The fourth-order valence-corrected chi connectivity index (χ4v) is 7.30. The topological polar surface area (TPSA) is 76.0 Å². The molecule has 2 heterocycles. The summed E-state index contributed by atoms with van der Waals surface area (Å²) in [5, 5.41) is 0.646. The van der Waals surface area contributed by atoms with Crippen LogP contribution in [0.2, 0.25) is 0 Å². The monoisotopic (exact) mass is 410 g/mol. The fourth-order valence-electron chi connectivity index (χ4n) is 3.32. The van der Waals surface area contributed by atoms with Crippen LogP contribution in [0.25, 0.3) is 0 Å². The molecule has 0 N–H and O–H groups in total. The number of ether oxygens (including phenoxy) is 1. The summed E-state index contributed by atoms with van der Waals surface area (Å²) in [6.07, 6.45) is 1.50. The molecule has 2 aliphatic heterocycles.